The summed E-state index contributed by atoms with van der Waals surface area (Å²) in [5.41, 5.74) is 1.02. The number of hydrogen-bond donors (Lipinski definition) is 4. The third-order valence-corrected chi connectivity index (χ3v) is 4.28. The maximum atomic E-state index is 12.2. The Morgan fingerprint density at radius 3 is 2.71 bits per heavy atom. The summed E-state index contributed by atoms with van der Waals surface area (Å²) in [6.07, 6.45) is 2.15. The number of nitrogens with zero attached hydrogens (tertiary/aromatic N) is 1. The van der Waals surface area contributed by atoms with Crippen molar-refractivity contribution in [1.82, 2.24) is 15.3 Å². The summed E-state index contributed by atoms with van der Waals surface area (Å²) in [5.74, 6) is -0.363. The van der Waals surface area contributed by atoms with Crippen LogP contribution in [0.5, 0.6) is 0 Å². The van der Waals surface area contributed by atoms with Gasteiger partial charge < -0.3 is 20.5 Å². The molecule has 0 aliphatic heterocycles. The number of carbonyl (C=O) groups is 1. The fourth-order valence-corrected chi connectivity index (χ4v) is 2.54. The fraction of sp³-hybridized carbons (Fsp3) is 0.429. The number of hydrogen-bond acceptors (Lipinski definition) is 5. The number of H-pyrrole nitrogens is 1. The molecular formula is C14H19N3O3S. The Labute approximate surface area is 126 Å². The minimum absolute atomic E-state index is 0.315. The Bertz CT molecular complexity index is 608. The van der Waals surface area contributed by atoms with Gasteiger partial charge in [0, 0.05) is 17.1 Å². The van der Waals surface area contributed by atoms with Crippen molar-refractivity contribution in [3.05, 3.63) is 28.3 Å². The van der Waals surface area contributed by atoms with E-state index in [2.05, 4.69) is 15.3 Å². The highest BCUT2D eigenvalue weighted by atomic mass is 32.1. The molecule has 21 heavy (non-hydrogen) atoms. The Hall–Kier alpha value is -1.70. The number of amides is 1. The van der Waals surface area contributed by atoms with Crippen molar-refractivity contribution >= 4 is 17.2 Å². The Kier molecular flexibility index (Phi) is 4.76. The van der Waals surface area contributed by atoms with Crippen LogP contribution in [0.2, 0.25) is 0 Å². The summed E-state index contributed by atoms with van der Waals surface area (Å²) in [7, 11) is 0. The number of aromatic nitrogens is 2. The fourth-order valence-electron chi connectivity index (χ4n) is 1.92. The Balaban J connectivity index is 2.16. The molecule has 0 atom stereocenters. The molecule has 2 heterocycles. The summed E-state index contributed by atoms with van der Waals surface area (Å²) in [5, 5.41) is 24.3. The third-order valence-electron chi connectivity index (χ3n) is 3.50. The van der Waals surface area contributed by atoms with E-state index in [1.54, 1.807) is 30.5 Å². The molecule has 4 N–H and O–H groups in total. The number of nitrogens with one attached hydrogen (secondary N) is 2. The second-order valence-electron chi connectivity index (χ2n) is 4.96. The Morgan fingerprint density at radius 1 is 1.48 bits per heavy atom. The number of carbonyl (C=O) groups excluding carboxylic acids is 1. The zero-order valence-electron chi connectivity index (χ0n) is 12.0. The maximum Gasteiger partial charge on any atom is 0.268 e. The molecule has 0 aliphatic rings. The molecule has 0 aromatic carbocycles. The van der Waals surface area contributed by atoms with E-state index in [0.29, 0.717) is 12.1 Å². The first-order valence-electron chi connectivity index (χ1n) is 6.68. The monoisotopic (exact) mass is 309 g/mol. The van der Waals surface area contributed by atoms with Crippen LogP contribution in [0.25, 0.3) is 11.3 Å². The van der Waals surface area contributed by atoms with Crippen molar-refractivity contribution in [3.63, 3.8) is 0 Å². The lowest BCUT2D eigenvalue weighted by atomic mass is 9.98. The molecule has 0 bridgehead atoms. The summed E-state index contributed by atoms with van der Waals surface area (Å²) < 4.78 is 0. The molecule has 114 valence electrons. The highest BCUT2D eigenvalue weighted by Gasteiger charge is 2.29. The number of aryl methyl sites for hydroxylation is 1. The number of rotatable bonds is 6. The first-order chi connectivity index (χ1) is 10.0. The molecule has 1 amide bonds. The summed E-state index contributed by atoms with van der Waals surface area (Å²) >= 11 is 1.55. The molecule has 2 aromatic rings. The van der Waals surface area contributed by atoms with Gasteiger partial charge in [0.1, 0.15) is 5.69 Å². The van der Waals surface area contributed by atoms with Crippen molar-refractivity contribution in [2.45, 2.75) is 25.8 Å². The predicted molar refractivity (Wildman–Crippen MR) is 81.3 cm³/mol. The molecule has 2 rings (SSSR count). The lowest BCUT2D eigenvalue weighted by Gasteiger charge is -2.29. The van der Waals surface area contributed by atoms with E-state index in [1.165, 1.54) is 0 Å². The lowest BCUT2D eigenvalue weighted by molar-refractivity contribution is 0.0649. The van der Waals surface area contributed by atoms with Gasteiger partial charge in [-0.1, -0.05) is 6.92 Å². The lowest BCUT2D eigenvalue weighted by Crippen LogP contribution is -2.53. The van der Waals surface area contributed by atoms with Gasteiger partial charge in [-0.15, -0.1) is 11.3 Å². The summed E-state index contributed by atoms with van der Waals surface area (Å²) in [6, 6.07) is 1.71. The molecule has 0 radical (unpaired) electrons. The van der Waals surface area contributed by atoms with Crippen molar-refractivity contribution in [2.75, 3.05) is 13.2 Å². The van der Waals surface area contributed by atoms with Crippen molar-refractivity contribution in [1.29, 1.82) is 0 Å². The van der Waals surface area contributed by atoms with Crippen LogP contribution >= 0.6 is 11.3 Å². The van der Waals surface area contributed by atoms with Gasteiger partial charge >= 0.3 is 0 Å². The molecule has 6 nitrogen and oxygen atoms in total. The molecule has 0 aliphatic carbocycles. The average Bonchev–Trinajstić information content (AvgIpc) is 3.13. The summed E-state index contributed by atoms with van der Waals surface area (Å²) in [6.45, 7) is 3.09. The largest absolute Gasteiger partial charge is 0.394 e. The van der Waals surface area contributed by atoms with Crippen LogP contribution in [-0.4, -0.2) is 44.8 Å². The number of aromatic amines is 1. The van der Waals surface area contributed by atoms with Crippen LogP contribution in [-0.2, 0) is 0 Å². The van der Waals surface area contributed by atoms with Gasteiger partial charge in [0.25, 0.3) is 5.91 Å². The van der Waals surface area contributed by atoms with Gasteiger partial charge in [-0.05, 0) is 19.4 Å². The van der Waals surface area contributed by atoms with Gasteiger partial charge in [0.05, 0.1) is 29.5 Å². The SMILES string of the molecule is CCC(CO)(CO)NC(=O)c1cc(-c2csc(C)n2)c[nH]1. The number of thiazole rings is 1. The van der Waals surface area contributed by atoms with Crippen LogP contribution in [0.15, 0.2) is 17.6 Å². The molecule has 0 spiro atoms. The maximum absolute atomic E-state index is 12.2. The van der Waals surface area contributed by atoms with Gasteiger partial charge in [-0.2, -0.15) is 0 Å². The minimum Gasteiger partial charge on any atom is -0.394 e. The zero-order chi connectivity index (χ0) is 15.5. The highest BCUT2D eigenvalue weighted by molar-refractivity contribution is 7.09. The van der Waals surface area contributed by atoms with Gasteiger partial charge in [0.15, 0.2) is 0 Å². The van der Waals surface area contributed by atoms with E-state index in [-0.39, 0.29) is 19.1 Å². The number of aliphatic hydroxyl groups is 2. The van der Waals surface area contributed by atoms with Crippen LogP contribution < -0.4 is 5.32 Å². The third kappa shape index (κ3) is 3.31. The van der Waals surface area contributed by atoms with Crippen LogP contribution in [0.3, 0.4) is 0 Å². The normalized spacial score (nSPS) is 11.6. The van der Waals surface area contributed by atoms with E-state index in [1.807, 2.05) is 12.3 Å². The number of aliphatic hydroxyl groups excluding tert-OH is 2. The molecule has 0 saturated carbocycles. The quantitative estimate of drug-likeness (QED) is 0.646. The first kappa shape index (κ1) is 15.7. The molecule has 0 fully saturated rings. The minimum atomic E-state index is -1.00. The van der Waals surface area contributed by atoms with E-state index in [4.69, 9.17) is 0 Å². The molecule has 0 saturated heterocycles. The predicted octanol–water partition coefficient (Wildman–Crippen LogP) is 1.31. The van der Waals surface area contributed by atoms with Crippen molar-refractivity contribution in [3.8, 4) is 11.3 Å². The van der Waals surface area contributed by atoms with Crippen LogP contribution in [0.1, 0.15) is 28.8 Å². The first-order valence-corrected chi connectivity index (χ1v) is 7.56. The average molecular weight is 309 g/mol. The Morgan fingerprint density at radius 2 is 2.19 bits per heavy atom. The van der Waals surface area contributed by atoms with E-state index >= 15 is 0 Å². The van der Waals surface area contributed by atoms with Crippen LogP contribution in [0.4, 0.5) is 0 Å². The highest BCUT2D eigenvalue weighted by Crippen LogP contribution is 2.22. The molecule has 2 aromatic heterocycles. The van der Waals surface area contributed by atoms with Gasteiger partial charge in [-0.3, -0.25) is 4.79 Å². The van der Waals surface area contributed by atoms with Gasteiger partial charge in [0.2, 0.25) is 0 Å². The molecular weight excluding hydrogens is 290 g/mol. The summed E-state index contributed by atoms with van der Waals surface area (Å²) in [4.78, 5) is 19.5. The topological polar surface area (TPSA) is 98.2 Å². The zero-order valence-corrected chi connectivity index (χ0v) is 12.8. The second kappa shape index (κ2) is 6.38. The smallest absolute Gasteiger partial charge is 0.268 e. The van der Waals surface area contributed by atoms with Crippen LogP contribution in [0, 0.1) is 6.92 Å². The van der Waals surface area contributed by atoms with Crippen molar-refractivity contribution < 1.29 is 15.0 Å². The second-order valence-corrected chi connectivity index (χ2v) is 6.02. The van der Waals surface area contributed by atoms with E-state index in [9.17, 15) is 15.0 Å². The van der Waals surface area contributed by atoms with Gasteiger partial charge in [-0.25, -0.2) is 4.98 Å². The van der Waals surface area contributed by atoms with E-state index < -0.39 is 5.54 Å². The molecule has 0 unspecified atom stereocenters. The molecule has 7 heteroatoms. The van der Waals surface area contributed by atoms with Crippen molar-refractivity contribution in [2.24, 2.45) is 0 Å². The standard InChI is InChI=1S/C14H19N3O3S/c1-3-14(7-18,8-19)17-13(20)11-4-10(5-15-11)12-6-21-9(2)16-12/h4-6,15,18-19H,3,7-8H2,1-2H3,(H,17,20). The van der Waals surface area contributed by atoms with E-state index in [0.717, 1.165) is 16.3 Å².